The molecule has 3 aromatic carbocycles. The van der Waals surface area contributed by atoms with Crippen LogP contribution >= 0.6 is 23.2 Å². The Hall–Kier alpha value is -3.34. The summed E-state index contributed by atoms with van der Waals surface area (Å²) in [5, 5.41) is 3.42. The highest BCUT2D eigenvalue weighted by atomic mass is 35.5. The monoisotopic (exact) mass is 623 g/mol. The van der Waals surface area contributed by atoms with Crippen LogP contribution in [0.2, 0.25) is 10.0 Å². The first-order valence-corrected chi connectivity index (χ1v) is 15.1. The zero-order chi connectivity index (χ0) is 30.2. The van der Waals surface area contributed by atoms with Gasteiger partial charge in [0.2, 0.25) is 11.8 Å². The first-order valence-electron chi connectivity index (χ1n) is 12.9. The van der Waals surface area contributed by atoms with E-state index in [-0.39, 0.29) is 34.5 Å². The number of carbonyl (C=O) groups is 2. The number of anilines is 1. The molecule has 0 aliphatic heterocycles. The Morgan fingerprint density at radius 3 is 2.20 bits per heavy atom. The van der Waals surface area contributed by atoms with Crippen molar-refractivity contribution in [3.05, 3.63) is 88.2 Å². The van der Waals surface area contributed by atoms with Crippen molar-refractivity contribution in [3.63, 3.8) is 0 Å². The van der Waals surface area contributed by atoms with E-state index in [0.29, 0.717) is 29.3 Å². The van der Waals surface area contributed by atoms with Gasteiger partial charge in [-0.25, -0.2) is 12.8 Å². The van der Waals surface area contributed by atoms with Gasteiger partial charge in [-0.1, -0.05) is 43.1 Å². The third-order valence-corrected chi connectivity index (χ3v) is 8.84. The van der Waals surface area contributed by atoms with Crippen molar-refractivity contribution in [1.29, 1.82) is 0 Å². The number of sulfonamides is 1. The smallest absolute Gasteiger partial charge is 0.264 e. The Balaban J connectivity index is 2.06. The average molecular weight is 625 g/mol. The number of methoxy groups -OCH3 is 1. The topological polar surface area (TPSA) is 96.0 Å². The van der Waals surface area contributed by atoms with Gasteiger partial charge in [0.05, 0.1) is 27.7 Å². The SMILES string of the molecule is CCCNC(=O)C(CC)N(Cc1ccc(Cl)c(Cl)c1)C(=O)CN(c1ccc(F)cc1)S(=O)(=O)c1ccc(OC)cc1. The number of rotatable bonds is 13. The lowest BCUT2D eigenvalue weighted by atomic mass is 10.1. The van der Waals surface area contributed by atoms with E-state index in [1.54, 1.807) is 25.1 Å². The number of halogens is 3. The summed E-state index contributed by atoms with van der Waals surface area (Å²) in [6.45, 7) is 3.39. The van der Waals surface area contributed by atoms with E-state index in [2.05, 4.69) is 5.32 Å². The first kappa shape index (κ1) is 32.2. The zero-order valence-electron chi connectivity index (χ0n) is 22.9. The first-order chi connectivity index (χ1) is 19.5. The molecule has 0 fully saturated rings. The lowest BCUT2D eigenvalue weighted by molar-refractivity contribution is -0.140. The molecule has 1 unspecified atom stereocenters. The number of nitrogens with zero attached hydrogens (tertiary/aromatic N) is 2. The Morgan fingerprint density at radius 1 is 0.976 bits per heavy atom. The largest absolute Gasteiger partial charge is 0.497 e. The van der Waals surface area contributed by atoms with E-state index in [0.717, 1.165) is 16.4 Å². The molecule has 3 aromatic rings. The van der Waals surface area contributed by atoms with Gasteiger partial charge in [0, 0.05) is 13.1 Å². The van der Waals surface area contributed by atoms with Crippen LogP contribution in [-0.4, -0.2) is 51.4 Å². The third kappa shape index (κ3) is 8.12. The molecule has 0 aliphatic carbocycles. The van der Waals surface area contributed by atoms with Gasteiger partial charge >= 0.3 is 0 Å². The minimum Gasteiger partial charge on any atom is -0.497 e. The predicted octanol–water partition coefficient (Wildman–Crippen LogP) is 5.67. The molecule has 0 radical (unpaired) electrons. The van der Waals surface area contributed by atoms with Crippen LogP contribution in [0.15, 0.2) is 71.6 Å². The molecule has 3 rings (SSSR count). The number of carbonyl (C=O) groups excluding carboxylic acids is 2. The Kier molecular flexibility index (Phi) is 11.4. The van der Waals surface area contributed by atoms with Crippen molar-refractivity contribution < 1.29 is 27.1 Å². The normalized spacial score (nSPS) is 12.0. The van der Waals surface area contributed by atoms with Gasteiger partial charge in [0.1, 0.15) is 24.2 Å². The molecule has 0 saturated carbocycles. The van der Waals surface area contributed by atoms with Crippen molar-refractivity contribution in [2.45, 2.75) is 44.2 Å². The second-order valence-electron chi connectivity index (χ2n) is 9.15. The quantitative estimate of drug-likeness (QED) is 0.265. The standard InChI is InChI=1S/C29H32Cl2FN3O5S/c1-4-16-33-29(37)27(5-2)34(18-20-6-15-25(30)26(31)17-20)28(36)19-35(22-9-7-21(32)8-10-22)41(38,39)24-13-11-23(40-3)12-14-24/h6-15,17,27H,4-5,16,18-19H2,1-3H3,(H,33,37). The van der Waals surface area contributed by atoms with Crippen LogP contribution < -0.4 is 14.4 Å². The van der Waals surface area contributed by atoms with Crippen molar-refractivity contribution >= 4 is 50.7 Å². The van der Waals surface area contributed by atoms with Crippen molar-refractivity contribution in [2.75, 3.05) is 24.5 Å². The maximum atomic E-state index is 14.0. The summed E-state index contributed by atoms with van der Waals surface area (Å²) in [6, 6.07) is 14.4. The van der Waals surface area contributed by atoms with E-state index in [1.807, 2.05) is 6.92 Å². The van der Waals surface area contributed by atoms with Gasteiger partial charge in [-0.15, -0.1) is 0 Å². The van der Waals surface area contributed by atoms with Crippen LogP contribution in [0.3, 0.4) is 0 Å². The highest BCUT2D eigenvalue weighted by Gasteiger charge is 2.33. The maximum Gasteiger partial charge on any atom is 0.264 e. The molecule has 0 aromatic heterocycles. The molecule has 12 heteroatoms. The predicted molar refractivity (Wildman–Crippen MR) is 158 cm³/mol. The van der Waals surface area contributed by atoms with E-state index >= 15 is 0 Å². The van der Waals surface area contributed by atoms with Crippen LogP contribution in [0.5, 0.6) is 5.75 Å². The Bertz CT molecular complexity index is 1450. The number of amides is 2. The van der Waals surface area contributed by atoms with Crippen LogP contribution in [0, 0.1) is 5.82 Å². The third-order valence-electron chi connectivity index (χ3n) is 6.31. The second kappa shape index (κ2) is 14.5. The van der Waals surface area contributed by atoms with E-state index < -0.39 is 34.3 Å². The molecule has 2 amide bonds. The molecule has 0 spiro atoms. The van der Waals surface area contributed by atoms with Gasteiger partial charge in [-0.2, -0.15) is 0 Å². The summed E-state index contributed by atoms with van der Waals surface area (Å²) >= 11 is 12.3. The van der Waals surface area contributed by atoms with Gasteiger partial charge < -0.3 is 15.0 Å². The van der Waals surface area contributed by atoms with Crippen LogP contribution in [0.1, 0.15) is 32.3 Å². The molecule has 0 aliphatic rings. The maximum absolute atomic E-state index is 14.0. The summed E-state index contributed by atoms with van der Waals surface area (Å²) < 4.78 is 47.5. The minimum atomic E-state index is -4.30. The molecule has 1 atom stereocenters. The fourth-order valence-electron chi connectivity index (χ4n) is 4.13. The highest BCUT2D eigenvalue weighted by Crippen LogP contribution is 2.27. The number of nitrogens with one attached hydrogen (secondary N) is 1. The summed E-state index contributed by atoms with van der Waals surface area (Å²) in [6.07, 6.45) is 0.964. The molecule has 0 saturated heterocycles. The molecular formula is C29H32Cl2FN3O5S. The average Bonchev–Trinajstić information content (AvgIpc) is 2.96. The fraction of sp³-hybridized carbons (Fsp3) is 0.310. The summed E-state index contributed by atoms with van der Waals surface area (Å²) in [4.78, 5) is 28.3. The molecule has 220 valence electrons. The van der Waals surface area contributed by atoms with Gasteiger partial charge in [-0.3, -0.25) is 13.9 Å². The Labute approximate surface area is 250 Å². The lowest BCUT2D eigenvalue weighted by Crippen LogP contribution is -2.52. The van der Waals surface area contributed by atoms with E-state index in [1.165, 1.54) is 48.4 Å². The zero-order valence-corrected chi connectivity index (χ0v) is 25.3. The van der Waals surface area contributed by atoms with Crippen molar-refractivity contribution in [1.82, 2.24) is 10.2 Å². The lowest BCUT2D eigenvalue weighted by Gasteiger charge is -2.33. The summed E-state index contributed by atoms with van der Waals surface area (Å²) in [7, 11) is -2.85. The van der Waals surface area contributed by atoms with Crippen molar-refractivity contribution in [2.24, 2.45) is 0 Å². The van der Waals surface area contributed by atoms with Crippen LogP contribution in [-0.2, 0) is 26.2 Å². The summed E-state index contributed by atoms with van der Waals surface area (Å²) in [5.74, 6) is -1.13. The second-order valence-corrected chi connectivity index (χ2v) is 11.8. The van der Waals surface area contributed by atoms with Crippen molar-refractivity contribution in [3.8, 4) is 5.75 Å². The van der Waals surface area contributed by atoms with Gasteiger partial charge in [-0.05, 0) is 79.1 Å². The number of hydrogen-bond donors (Lipinski definition) is 1. The fourth-order valence-corrected chi connectivity index (χ4v) is 5.87. The summed E-state index contributed by atoms with van der Waals surface area (Å²) in [5.41, 5.74) is 0.675. The number of ether oxygens (including phenoxy) is 1. The van der Waals surface area contributed by atoms with Gasteiger partial charge in [0.15, 0.2) is 0 Å². The van der Waals surface area contributed by atoms with Crippen LogP contribution in [0.4, 0.5) is 10.1 Å². The number of hydrogen-bond acceptors (Lipinski definition) is 5. The molecule has 0 heterocycles. The van der Waals surface area contributed by atoms with E-state index in [9.17, 15) is 22.4 Å². The minimum absolute atomic E-state index is 0.0341. The molecular weight excluding hydrogens is 592 g/mol. The molecule has 8 nitrogen and oxygen atoms in total. The highest BCUT2D eigenvalue weighted by molar-refractivity contribution is 7.92. The van der Waals surface area contributed by atoms with Crippen LogP contribution in [0.25, 0.3) is 0 Å². The van der Waals surface area contributed by atoms with Gasteiger partial charge in [0.25, 0.3) is 10.0 Å². The molecule has 41 heavy (non-hydrogen) atoms. The molecule has 1 N–H and O–H groups in total. The van der Waals surface area contributed by atoms with E-state index in [4.69, 9.17) is 27.9 Å². The molecule has 0 bridgehead atoms. The Morgan fingerprint density at radius 2 is 1.63 bits per heavy atom. The number of benzene rings is 3.